The SMILES string of the molecule is C=CC(=O)OCCCCCCOc1ccc(OC(=O)C2CCC(COc3ccc4c5ccc(OC(=O)c6ccc(OCCCCCCOC(=O)C=C)cc6)cc5c5nc6cc(OCCOCCC)ccc6nc5c4c3)CC2)cc1. The lowest BCUT2D eigenvalue weighted by Gasteiger charge is -2.27. The molecule has 8 rings (SSSR count). The van der Waals surface area contributed by atoms with Gasteiger partial charge in [-0.05, 0) is 197 Å². The maximum absolute atomic E-state index is 13.6. The summed E-state index contributed by atoms with van der Waals surface area (Å²) < 4.78 is 51.7. The molecule has 1 aliphatic rings. The molecule has 0 aliphatic heterocycles. The highest BCUT2D eigenvalue weighted by Crippen LogP contribution is 2.39. The number of esters is 4. The van der Waals surface area contributed by atoms with Gasteiger partial charge in [-0.15, -0.1) is 0 Å². The molecule has 6 aromatic carbocycles. The topological polar surface area (TPSA) is 177 Å². The number of unbranched alkanes of at least 4 members (excludes halogenated alkanes) is 6. The van der Waals surface area contributed by atoms with Crippen LogP contribution in [0.5, 0.6) is 34.5 Å². The van der Waals surface area contributed by atoms with E-state index < -0.39 is 17.9 Å². The summed E-state index contributed by atoms with van der Waals surface area (Å²) >= 11 is 0. The zero-order chi connectivity index (χ0) is 55.2. The molecule has 414 valence electrons. The van der Waals surface area contributed by atoms with E-state index in [2.05, 4.69) is 20.1 Å². The van der Waals surface area contributed by atoms with E-state index in [0.29, 0.717) is 128 Å². The number of fused-ring (bicyclic) bond motifs is 7. The average molecular weight is 1080 g/mol. The van der Waals surface area contributed by atoms with Gasteiger partial charge in [-0.2, -0.15) is 0 Å². The molecular formula is C64H70N2O13. The van der Waals surface area contributed by atoms with Gasteiger partial charge in [0.25, 0.3) is 0 Å². The van der Waals surface area contributed by atoms with Crippen molar-refractivity contribution in [3.05, 3.63) is 134 Å². The van der Waals surface area contributed by atoms with Crippen LogP contribution >= 0.6 is 0 Å². The molecule has 1 saturated carbocycles. The highest BCUT2D eigenvalue weighted by Gasteiger charge is 2.28. The second kappa shape index (κ2) is 29.6. The van der Waals surface area contributed by atoms with Gasteiger partial charge in [0.15, 0.2) is 0 Å². The monoisotopic (exact) mass is 1070 g/mol. The second-order valence-corrected chi connectivity index (χ2v) is 19.6. The summed E-state index contributed by atoms with van der Waals surface area (Å²) in [5, 5.41) is 3.47. The van der Waals surface area contributed by atoms with Gasteiger partial charge in [-0.25, -0.2) is 24.4 Å². The molecule has 1 heterocycles. The van der Waals surface area contributed by atoms with E-state index in [4.69, 9.17) is 52.6 Å². The minimum absolute atomic E-state index is 0.193. The number of benzene rings is 6. The number of hydrogen-bond acceptors (Lipinski definition) is 15. The number of hydrogen-bond donors (Lipinski definition) is 0. The summed E-state index contributed by atoms with van der Waals surface area (Å²) in [6.07, 6.45) is 13.4. The standard InChI is InChI=1S/C64H70N2O13/c1-4-33-71-38-39-74-51-29-32-57-58(42-51)66-62-56-41-52(79-64(70)46-19-21-47(22-20-46)72-34-11-7-9-13-36-75-59(67)5-2)28-31-54(56)53-30-27-50(40-55(53)61(62)65-57)77-43-44-15-17-45(18-16-44)63(69)78-49-25-23-48(24-26-49)73-35-12-8-10-14-37-76-60(68)6-3/h5-6,19-32,40-42,44-45H,2-4,7-18,33-39,43H2,1H3. The molecule has 79 heavy (non-hydrogen) atoms. The van der Waals surface area contributed by atoms with Gasteiger partial charge in [-0.3, -0.25) is 4.79 Å². The van der Waals surface area contributed by atoms with E-state index in [1.807, 2.05) is 60.7 Å². The van der Waals surface area contributed by atoms with Crippen molar-refractivity contribution in [3.63, 3.8) is 0 Å². The third-order valence-electron chi connectivity index (χ3n) is 13.7. The van der Waals surface area contributed by atoms with Gasteiger partial charge in [0.05, 0.1) is 73.2 Å². The van der Waals surface area contributed by atoms with Crippen molar-refractivity contribution in [1.82, 2.24) is 9.97 Å². The molecule has 1 aromatic heterocycles. The van der Waals surface area contributed by atoms with Crippen molar-refractivity contribution in [3.8, 4) is 34.5 Å². The van der Waals surface area contributed by atoms with Crippen molar-refractivity contribution in [1.29, 1.82) is 0 Å². The molecule has 7 aromatic rings. The lowest BCUT2D eigenvalue weighted by molar-refractivity contribution is -0.140. The highest BCUT2D eigenvalue weighted by molar-refractivity contribution is 6.24. The Balaban J connectivity index is 0.887. The molecule has 0 spiro atoms. The van der Waals surface area contributed by atoms with E-state index in [0.717, 1.165) is 98.2 Å². The molecule has 15 nitrogen and oxygen atoms in total. The Labute approximate surface area is 461 Å². The van der Waals surface area contributed by atoms with Crippen LogP contribution in [0.3, 0.4) is 0 Å². The molecular weight excluding hydrogens is 1000 g/mol. The minimum Gasteiger partial charge on any atom is -0.494 e. The highest BCUT2D eigenvalue weighted by atomic mass is 16.5. The molecule has 0 amide bonds. The molecule has 0 unspecified atom stereocenters. The quantitative estimate of drug-likeness (QED) is 0.0100. The number of carbonyl (C=O) groups is 4. The van der Waals surface area contributed by atoms with Crippen molar-refractivity contribution >= 4 is 67.5 Å². The fourth-order valence-corrected chi connectivity index (χ4v) is 9.42. The van der Waals surface area contributed by atoms with E-state index in [1.54, 1.807) is 42.5 Å². The Morgan fingerprint density at radius 1 is 0.481 bits per heavy atom. The summed E-state index contributed by atoms with van der Waals surface area (Å²) in [6.45, 7) is 12.8. The van der Waals surface area contributed by atoms with Gasteiger partial charge in [-0.1, -0.05) is 20.1 Å². The van der Waals surface area contributed by atoms with Crippen molar-refractivity contribution in [2.45, 2.75) is 90.4 Å². The Morgan fingerprint density at radius 2 is 0.987 bits per heavy atom. The molecule has 0 N–H and O–H groups in total. The summed E-state index contributed by atoms with van der Waals surface area (Å²) in [7, 11) is 0. The maximum atomic E-state index is 13.6. The fraction of sp³-hybridized carbons (Fsp3) is 0.375. The lowest BCUT2D eigenvalue weighted by atomic mass is 9.82. The van der Waals surface area contributed by atoms with Gasteiger partial charge in [0.1, 0.15) is 41.1 Å². The largest absolute Gasteiger partial charge is 0.494 e. The summed E-state index contributed by atoms with van der Waals surface area (Å²) in [4.78, 5) is 59.5. The first-order valence-electron chi connectivity index (χ1n) is 27.6. The van der Waals surface area contributed by atoms with Gasteiger partial charge < -0.3 is 42.6 Å². The Hall–Kier alpha value is -8.04. The molecule has 0 bridgehead atoms. The summed E-state index contributed by atoms with van der Waals surface area (Å²) in [5.74, 6) is 2.09. The van der Waals surface area contributed by atoms with Crippen LogP contribution in [0.15, 0.2) is 128 Å². The molecule has 0 atom stereocenters. The Kier molecular flexibility index (Phi) is 21.4. The third kappa shape index (κ3) is 16.7. The van der Waals surface area contributed by atoms with Crippen LogP contribution in [-0.2, 0) is 28.6 Å². The van der Waals surface area contributed by atoms with Crippen LogP contribution < -0.4 is 28.4 Å². The van der Waals surface area contributed by atoms with Gasteiger partial charge in [0, 0.05) is 35.6 Å². The zero-order valence-corrected chi connectivity index (χ0v) is 45.1. The van der Waals surface area contributed by atoms with Crippen molar-refractivity contribution in [2.75, 3.05) is 52.9 Å². The third-order valence-corrected chi connectivity index (χ3v) is 13.7. The Morgan fingerprint density at radius 3 is 1.59 bits per heavy atom. The first-order valence-corrected chi connectivity index (χ1v) is 27.6. The van der Waals surface area contributed by atoms with Crippen LogP contribution in [0.25, 0.3) is 43.6 Å². The predicted octanol–water partition coefficient (Wildman–Crippen LogP) is 13.2. The first-order chi connectivity index (χ1) is 38.7. The predicted molar refractivity (Wildman–Crippen MR) is 303 cm³/mol. The number of nitrogens with zero attached hydrogens (tertiary/aromatic N) is 2. The summed E-state index contributed by atoms with van der Waals surface area (Å²) in [5.41, 5.74) is 3.01. The maximum Gasteiger partial charge on any atom is 0.343 e. The number of aromatic nitrogens is 2. The van der Waals surface area contributed by atoms with Crippen molar-refractivity contribution < 1.29 is 61.8 Å². The van der Waals surface area contributed by atoms with E-state index >= 15 is 0 Å². The lowest BCUT2D eigenvalue weighted by Crippen LogP contribution is -2.27. The Bertz CT molecular complexity index is 3190. The van der Waals surface area contributed by atoms with Crippen LogP contribution in [0.1, 0.15) is 101 Å². The molecule has 0 saturated heterocycles. The second-order valence-electron chi connectivity index (χ2n) is 19.6. The number of carbonyl (C=O) groups excluding carboxylic acids is 4. The van der Waals surface area contributed by atoms with Crippen LogP contribution in [0.4, 0.5) is 0 Å². The van der Waals surface area contributed by atoms with Crippen molar-refractivity contribution in [2.24, 2.45) is 11.8 Å². The fourth-order valence-electron chi connectivity index (χ4n) is 9.42. The van der Waals surface area contributed by atoms with E-state index in [1.165, 1.54) is 6.08 Å². The van der Waals surface area contributed by atoms with Crippen LogP contribution in [0.2, 0.25) is 0 Å². The first kappa shape index (κ1) is 57.1. The smallest absolute Gasteiger partial charge is 0.343 e. The minimum atomic E-state index is -0.513. The van der Waals surface area contributed by atoms with Gasteiger partial charge in [0.2, 0.25) is 0 Å². The van der Waals surface area contributed by atoms with E-state index in [9.17, 15) is 19.2 Å². The number of ether oxygens (including phenoxy) is 9. The van der Waals surface area contributed by atoms with Crippen LogP contribution in [0, 0.1) is 11.8 Å². The summed E-state index contributed by atoms with van der Waals surface area (Å²) in [6, 6.07) is 31.3. The van der Waals surface area contributed by atoms with Crippen LogP contribution in [-0.4, -0.2) is 86.7 Å². The van der Waals surface area contributed by atoms with E-state index in [-0.39, 0.29) is 17.8 Å². The molecule has 1 fully saturated rings. The average Bonchev–Trinajstić information content (AvgIpc) is 3.52. The van der Waals surface area contributed by atoms with Gasteiger partial charge >= 0.3 is 23.9 Å². The molecule has 0 radical (unpaired) electrons. The zero-order valence-electron chi connectivity index (χ0n) is 45.1. The number of rotatable bonds is 31. The molecule has 1 aliphatic carbocycles. The normalized spacial score (nSPS) is 14.1. The molecule has 15 heteroatoms.